The normalized spacial score (nSPS) is 14.0. The maximum Gasteiger partial charge on any atom is 0.250 e. The number of rotatable bonds is 6. The molecule has 0 bridgehead atoms. The first-order chi connectivity index (χ1) is 15.7. The minimum Gasteiger partial charge on any atom is -0.334 e. The summed E-state index contributed by atoms with van der Waals surface area (Å²) in [5.74, 6) is -1.71. The summed E-state index contributed by atoms with van der Waals surface area (Å²) in [6.45, 7) is 2.68. The number of nitrogens with one attached hydrogen (secondary N) is 1. The Morgan fingerprint density at radius 2 is 2.03 bits per heavy atom. The molecule has 1 amide bonds. The number of hydrogen-bond donors (Lipinski definition) is 1. The first-order valence-corrected chi connectivity index (χ1v) is 12.5. The Morgan fingerprint density at radius 1 is 1.27 bits per heavy atom. The molecule has 3 heterocycles. The number of amides is 1. The number of aromatic nitrogens is 1. The highest BCUT2D eigenvalue weighted by Gasteiger charge is 2.24. The Hall–Kier alpha value is -2.95. The van der Waals surface area contributed by atoms with Crippen LogP contribution < -0.4 is 4.72 Å². The van der Waals surface area contributed by atoms with Gasteiger partial charge in [-0.1, -0.05) is 6.07 Å². The van der Waals surface area contributed by atoms with Crippen molar-refractivity contribution in [3.63, 3.8) is 0 Å². The first kappa shape index (κ1) is 23.2. The van der Waals surface area contributed by atoms with Crippen LogP contribution in [-0.4, -0.2) is 30.8 Å². The third-order valence-electron chi connectivity index (χ3n) is 5.41. The van der Waals surface area contributed by atoms with Crippen molar-refractivity contribution in [3.8, 4) is 0 Å². The van der Waals surface area contributed by atoms with Gasteiger partial charge >= 0.3 is 0 Å². The predicted molar refractivity (Wildman–Crippen MR) is 122 cm³/mol. The van der Waals surface area contributed by atoms with Crippen LogP contribution in [0.25, 0.3) is 6.08 Å². The van der Waals surface area contributed by atoms with E-state index in [9.17, 15) is 22.0 Å². The van der Waals surface area contributed by atoms with E-state index in [1.165, 1.54) is 12.2 Å². The van der Waals surface area contributed by atoms with E-state index in [-0.39, 0.29) is 22.2 Å². The van der Waals surface area contributed by atoms with Crippen LogP contribution >= 0.6 is 11.3 Å². The van der Waals surface area contributed by atoms with Gasteiger partial charge in [0, 0.05) is 43.7 Å². The van der Waals surface area contributed by atoms with E-state index in [0.717, 1.165) is 51.9 Å². The van der Waals surface area contributed by atoms with Crippen LogP contribution in [-0.2, 0) is 34.3 Å². The Balaban J connectivity index is 1.48. The number of aryl methyl sites for hydroxylation is 1. The summed E-state index contributed by atoms with van der Waals surface area (Å²) < 4.78 is 54.6. The van der Waals surface area contributed by atoms with Crippen molar-refractivity contribution in [3.05, 3.63) is 87.6 Å². The summed E-state index contributed by atoms with van der Waals surface area (Å²) in [5.41, 5.74) is 3.63. The molecule has 0 aliphatic carbocycles. The van der Waals surface area contributed by atoms with Gasteiger partial charge in [-0.2, -0.15) is 0 Å². The standard InChI is InChI=1S/C23H21F2N3O3S2/c1-15-21(13-27-33(30,31)23-3-2-8-32-23)20-6-7-28(14-17(20)12-26-15)22(29)5-4-16-9-18(24)11-19(25)10-16/h2-5,8-12,27H,6-7,13-14H2,1H3/b5-4+. The Kier molecular flexibility index (Phi) is 6.68. The number of benzene rings is 1. The van der Waals surface area contributed by atoms with Gasteiger partial charge in [0.2, 0.25) is 15.9 Å². The van der Waals surface area contributed by atoms with E-state index in [4.69, 9.17) is 0 Å². The van der Waals surface area contributed by atoms with Crippen molar-refractivity contribution in [2.24, 2.45) is 0 Å². The molecule has 2 aromatic heterocycles. The van der Waals surface area contributed by atoms with Gasteiger partial charge in [-0.15, -0.1) is 11.3 Å². The molecule has 1 aliphatic heterocycles. The molecule has 10 heteroatoms. The lowest BCUT2D eigenvalue weighted by Crippen LogP contribution is -2.36. The van der Waals surface area contributed by atoms with Gasteiger partial charge in [0.15, 0.2) is 0 Å². The van der Waals surface area contributed by atoms with Gasteiger partial charge in [-0.25, -0.2) is 21.9 Å². The van der Waals surface area contributed by atoms with E-state index in [1.807, 2.05) is 6.92 Å². The highest BCUT2D eigenvalue weighted by molar-refractivity contribution is 7.91. The van der Waals surface area contributed by atoms with E-state index in [0.29, 0.717) is 19.5 Å². The van der Waals surface area contributed by atoms with Crippen molar-refractivity contribution >= 4 is 33.3 Å². The molecule has 0 saturated heterocycles. The molecule has 4 rings (SSSR count). The van der Waals surface area contributed by atoms with Gasteiger partial charge in [0.1, 0.15) is 15.8 Å². The van der Waals surface area contributed by atoms with Gasteiger partial charge < -0.3 is 4.90 Å². The van der Waals surface area contributed by atoms with Crippen LogP contribution in [0.2, 0.25) is 0 Å². The minimum atomic E-state index is -3.61. The average Bonchev–Trinajstić information content (AvgIpc) is 3.32. The van der Waals surface area contributed by atoms with E-state index in [2.05, 4.69) is 9.71 Å². The number of nitrogens with zero attached hydrogens (tertiary/aromatic N) is 2. The first-order valence-electron chi connectivity index (χ1n) is 10.2. The highest BCUT2D eigenvalue weighted by atomic mass is 32.2. The molecule has 0 unspecified atom stereocenters. The van der Waals surface area contributed by atoms with Crippen molar-refractivity contribution in [2.45, 2.75) is 30.6 Å². The van der Waals surface area contributed by atoms with Crippen LogP contribution in [0.15, 0.2) is 52.2 Å². The number of carbonyl (C=O) groups excluding carboxylic acids is 1. The maximum absolute atomic E-state index is 13.3. The van der Waals surface area contributed by atoms with Gasteiger partial charge in [-0.05, 0) is 65.3 Å². The molecule has 1 aromatic carbocycles. The van der Waals surface area contributed by atoms with E-state index in [1.54, 1.807) is 28.6 Å². The Morgan fingerprint density at radius 3 is 2.73 bits per heavy atom. The van der Waals surface area contributed by atoms with Crippen LogP contribution in [0.1, 0.15) is 27.9 Å². The molecule has 172 valence electrons. The predicted octanol–water partition coefficient (Wildman–Crippen LogP) is 3.81. The van der Waals surface area contributed by atoms with Crippen LogP contribution in [0.3, 0.4) is 0 Å². The monoisotopic (exact) mass is 489 g/mol. The Bertz CT molecular complexity index is 1300. The van der Waals surface area contributed by atoms with Crippen LogP contribution in [0.4, 0.5) is 8.78 Å². The van der Waals surface area contributed by atoms with Gasteiger partial charge in [0.05, 0.1) is 0 Å². The highest BCUT2D eigenvalue weighted by Crippen LogP contribution is 2.25. The minimum absolute atomic E-state index is 0.112. The third kappa shape index (κ3) is 5.35. The molecular weight excluding hydrogens is 468 g/mol. The molecule has 0 spiro atoms. The molecule has 0 radical (unpaired) electrons. The van der Waals surface area contributed by atoms with E-state index >= 15 is 0 Å². The zero-order chi connectivity index (χ0) is 23.6. The van der Waals surface area contributed by atoms with Crippen molar-refractivity contribution in [2.75, 3.05) is 6.54 Å². The maximum atomic E-state index is 13.3. The molecule has 1 aliphatic rings. The fourth-order valence-corrected chi connectivity index (χ4v) is 5.78. The summed E-state index contributed by atoms with van der Waals surface area (Å²) >= 11 is 1.15. The number of pyridine rings is 1. The van der Waals surface area contributed by atoms with Gasteiger partial charge in [0.25, 0.3) is 0 Å². The molecule has 1 N–H and O–H groups in total. The average molecular weight is 490 g/mol. The number of sulfonamides is 1. The van der Waals surface area contributed by atoms with Crippen molar-refractivity contribution in [1.82, 2.24) is 14.6 Å². The summed E-state index contributed by atoms with van der Waals surface area (Å²) in [6, 6.07) is 6.30. The topological polar surface area (TPSA) is 79.4 Å². The smallest absolute Gasteiger partial charge is 0.250 e. The zero-order valence-electron chi connectivity index (χ0n) is 17.7. The number of hydrogen-bond acceptors (Lipinski definition) is 5. The Labute approximate surface area is 194 Å². The molecule has 0 atom stereocenters. The summed E-state index contributed by atoms with van der Waals surface area (Å²) in [4.78, 5) is 18.6. The summed E-state index contributed by atoms with van der Waals surface area (Å²) in [7, 11) is -3.61. The van der Waals surface area contributed by atoms with Crippen LogP contribution in [0.5, 0.6) is 0 Å². The molecule has 3 aromatic rings. The number of thiophene rings is 1. The third-order valence-corrected chi connectivity index (χ3v) is 8.21. The number of carbonyl (C=O) groups is 1. The lowest BCUT2D eigenvalue weighted by molar-refractivity contribution is -0.126. The molecule has 33 heavy (non-hydrogen) atoms. The lowest BCUT2D eigenvalue weighted by Gasteiger charge is -2.30. The second-order valence-corrected chi connectivity index (χ2v) is 10.6. The molecule has 0 saturated carbocycles. The molecular formula is C23H21F2N3O3S2. The van der Waals surface area contributed by atoms with Crippen molar-refractivity contribution < 1.29 is 22.0 Å². The largest absolute Gasteiger partial charge is 0.334 e. The summed E-state index contributed by atoms with van der Waals surface area (Å²) in [6.07, 6.45) is 4.91. The second kappa shape index (κ2) is 9.50. The second-order valence-electron chi connectivity index (χ2n) is 7.63. The van der Waals surface area contributed by atoms with E-state index < -0.39 is 21.7 Å². The van der Waals surface area contributed by atoms with Crippen LogP contribution in [0, 0.1) is 18.6 Å². The molecule has 0 fully saturated rings. The zero-order valence-corrected chi connectivity index (χ0v) is 19.3. The quantitative estimate of drug-likeness (QED) is 0.534. The lowest BCUT2D eigenvalue weighted by atomic mass is 9.95. The molecule has 6 nitrogen and oxygen atoms in total. The fraction of sp³-hybridized carbons (Fsp3) is 0.217. The summed E-state index contributed by atoms with van der Waals surface area (Å²) in [5, 5.41) is 1.70. The van der Waals surface area contributed by atoms with Crippen molar-refractivity contribution in [1.29, 1.82) is 0 Å². The number of fused-ring (bicyclic) bond motifs is 1. The van der Waals surface area contributed by atoms with Gasteiger partial charge in [-0.3, -0.25) is 9.78 Å². The SMILES string of the molecule is Cc1ncc2c(c1CNS(=O)(=O)c1cccs1)CCN(C(=O)/C=C/c1cc(F)cc(F)c1)C2. The fourth-order valence-electron chi connectivity index (χ4n) is 3.74. The number of halogens is 2.